The van der Waals surface area contributed by atoms with Crippen LogP contribution in [0.2, 0.25) is 5.02 Å². The molecule has 0 radical (unpaired) electrons. The number of nitrogens with zero attached hydrogens (tertiary/aromatic N) is 2. The fraction of sp³-hybridized carbons (Fsp3) is 0.160. The SMILES string of the molecule is CCN(CC)c1ccc(/C=N/NC(=O)c2ccc(NC(=O)c3cccc(Cl)c3)cc2)cc1. The zero-order chi connectivity index (χ0) is 22.9. The van der Waals surface area contributed by atoms with Crippen molar-refractivity contribution < 1.29 is 9.59 Å². The minimum absolute atomic E-state index is 0.277. The molecule has 0 saturated carbocycles. The van der Waals surface area contributed by atoms with Crippen LogP contribution in [0.3, 0.4) is 0 Å². The van der Waals surface area contributed by atoms with Crippen LogP contribution in [-0.4, -0.2) is 31.1 Å². The van der Waals surface area contributed by atoms with Gasteiger partial charge in [-0.2, -0.15) is 5.10 Å². The van der Waals surface area contributed by atoms with Gasteiger partial charge in [-0.15, -0.1) is 0 Å². The van der Waals surface area contributed by atoms with Crippen LogP contribution >= 0.6 is 11.6 Å². The standard InChI is InChI=1S/C25H25ClN4O2/c1-3-30(4-2)23-14-8-18(9-15-23)17-27-29-25(32)19-10-12-22(13-11-19)28-24(31)20-6-5-7-21(26)16-20/h5-17H,3-4H2,1-2H3,(H,28,31)(H,29,32)/b27-17+. The summed E-state index contributed by atoms with van der Waals surface area (Å²) in [6.45, 7) is 6.13. The molecule has 2 N–H and O–H groups in total. The lowest BCUT2D eigenvalue weighted by molar-refractivity contribution is 0.0954. The minimum atomic E-state index is -0.339. The summed E-state index contributed by atoms with van der Waals surface area (Å²) in [4.78, 5) is 26.9. The number of benzene rings is 3. The van der Waals surface area contributed by atoms with E-state index in [1.807, 2.05) is 24.3 Å². The summed E-state index contributed by atoms with van der Waals surface area (Å²) in [5.41, 5.74) is 6.02. The van der Waals surface area contributed by atoms with E-state index in [0.29, 0.717) is 21.8 Å². The lowest BCUT2D eigenvalue weighted by Gasteiger charge is -2.20. The minimum Gasteiger partial charge on any atom is -0.372 e. The highest BCUT2D eigenvalue weighted by Gasteiger charge is 2.08. The number of hydrogen-bond acceptors (Lipinski definition) is 4. The number of amides is 2. The lowest BCUT2D eigenvalue weighted by Crippen LogP contribution is -2.21. The number of halogens is 1. The second-order valence-corrected chi connectivity index (χ2v) is 7.44. The molecular formula is C25H25ClN4O2. The van der Waals surface area contributed by atoms with Gasteiger partial charge in [-0.1, -0.05) is 29.8 Å². The van der Waals surface area contributed by atoms with Crippen molar-refractivity contribution in [2.45, 2.75) is 13.8 Å². The molecule has 164 valence electrons. The van der Waals surface area contributed by atoms with E-state index < -0.39 is 0 Å². The molecule has 0 bridgehead atoms. The summed E-state index contributed by atoms with van der Waals surface area (Å²) in [7, 11) is 0. The fourth-order valence-electron chi connectivity index (χ4n) is 3.13. The molecule has 32 heavy (non-hydrogen) atoms. The highest BCUT2D eigenvalue weighted by molar-refractivity contribution is 6.31. The van der Waals surface area contributed by atoms with Gasteiger partial charge in [-0.25, -0.2) is 5.43 Å². The molecule has 2 amide bonds. The molecule has 0 heterocycles. The van der Waals surface area contributed by atoms with Crippen LogP contribution in [0.25, 0.3) is 0 Å². The highest BCUT2D eigenvalue weighted by atomic mass is 35.5. The quantitative estimate of drug-likeness (QED) is 0.367. The molecule has 7 heteroatoms. The van der Waals surface area contributed by atoms with Crippen LogP contribution in [0.4, 0.5) is 11.4 Å². The van der Waals surface area contributed by atoms with Gasteiger partial charge in [-0.05, 0) is 74.0 Å². The Bertz CT molecular complexity index is 1090. The highest BCUT2D eigenvalue weighted by Crippen LogP contribution is 2.15. The largest absolute Gasteiger partial charge is 0.372 e. The first-order valence-electron chi connectivity index (χ1n) is 10.4. The maximum Gasteiger partial charge on any atom is 0.271 e. The predicted molar refractivity (Wildman–Crippen MR) is 131 cm³/mol. The van der Waals surface area contributed by atoms with Crippen molar-refractivity contribution in [2.24, 2.45) is 5.10 Å². The van der Waals surface area contributed by atoms with Gasteiger partial charge < -0.3 is 10.2 Å². The predicted octanol–water partition coefficient (Wildman–Crippen LogP) is 5.20. The van der Waals surface area contributed by atoms with Crippen molar-refractivity contribution >= 4 is 41.0 Å². The third kappa shape index (κ3) is 6.18. The Kier molecular flexibility index (Phi) is 8.00. The summed E-state index contributed by atoms with van der Waals surface area (Å²) in [6.07, 6.45) is 1.60. The van der Waals surface area contributed by atoms with Gasteiger partial charge in [0.2, 0.25) is 0 Å². The molecule has 0 fully saturated rings. The fourth-order valence-corrected chi connectivity index (χ4v) is 3.32. The zero-order valence-corrected chi connectivity index (χ0v) is 18.8. The van der Waals surface area contributed by atoms with Crippen molar-refractivity contribution in [2.75, 3.05) is 23.3 Å². The molecule has 3 aromatic carbocycles. The first kappa shape index (κ1) is 23.0. The van der Waals surface area contributed by atoms with Crippen molar-refractivity contribution in [3.8, 4) is 0 Å². The number of nitrogens with one attached hydrogen (secondary N) is 2. The van der Waals surface area contributed by atoms with Crippen molar-refractivity contribution in [1.29, 1.82) is 0 Å². The maximum absolute atomic E-state index is 12.3. The zero-order valence-electron chi connectivity index (χ0n) is 18.0. The van der Waals surface area contributed by atoms with E-state index in [4.69, 9.17) is 11.6 Å². The average molecular weight is 449 g/mol. The molecule has 0 aliphatic rings. The van der Waals surface area contributed by atoms with Crippen LogP contribution in [0, 0.1) is 0 Å². The van der Waals surface area contributed by atoms with E-state index in [2.05, 4.69) is 34.6 Å². The van der Waals surface area contributed by atoms with E-state index in [1.165, 1.54) is 0 Å². The van der Waals surface area contributed by atoms with Crippen LogP contribution in [0.5, 0.6) is 0 Å². The van der Waals surface area contributed by atoms with Crippen molar-refractivity contribution in [1.82, 2.24) is 5.43 Å². The molecule has 0 spiro atoms. The number of anilines is 2. The van der Waals surface area contributed by atoms with Gasteiger partial charge in [0, 0.05) is 40.6 Å². The molecule has 0 unspecified atom stereocenters. The Morgan fingerprint density at radius 3 is 2.22 bits per heavy atom. The van der Waals surface area contributed by atoms with Gasteiger partial charge in [0.1, 0.15) is 0 Å². The van der Waals surface area contributed by atoms with Crippen molar-refractivity contribution in [3.05, 3.63) is 94.5 Å². The van der Waals surface area contributed by atoms with E-state index >= 15 is 0 Å². The average Bonchev–Trinajstić information content (AvgIpc) is 2.81. The third-order valence-corrected chi connectivity index (χ3v) is 5.13. The smallest absolute Gasteiger partial charge is 0.271 e. The summed E-state index contributed by atoms with van der Waals surface area (Å²) < 4.78 is 0. The van der Waals surface area contributed by atoms with Gasteiger partial charge in [0.15, 0.2) is 0 Å². The summed E-state index contributed by atoms with van der Waals surface area (Å²) in [5.74, 6) is -0.616. The summed E-state index contributed by atoms with van der Waals surface area (Å²) in [6, 6.07) is 21.2. The molecule has 0 aliphatic heterocycles. The van der Waals surface area contributed by atoms with Crippen LogP contribution < -0.4 is 15.6 Å². The lowest BCUT2D eigenvalue weighted by atomic mass is 10.1. The number of carbonyl (C=O) groups excluding carboxylic acids is 2. The molecule has 3 rings (SSSR count). The van der Waals surface area contributed by atoms with Gasteiger partial charge in [-0.3, -0.25) is 9.59 Å². The Morgan fingerprint density at radius 1 is 0.906 bits per heavy atom. The molecule has 0 saturated heterocycles. The van der Waals surface area contributed by atoms with E-state index in [9.17, 15) is 9.59 Å². The Hall–Kier alpha value is -3.64. The molecule has 0 atom stereocenters. The molecule has 3 aromatic rings. The maximum atomic E-state index is 12.3. The van der Waals surface area contributed by atoms with Gasteiger partial charge in [0.05, 0.1) is 6.21 Å². The topological polar surface area (TPSA) is 73.8 Å². The number of carbonyl (C=O) groups is 2. The van der Waals surface area contributed by atoms with Crippen LogP contribution in [0.1, 0.15) is 40.1 Å². The van der Waals surface area contributed by atoms with E-state index in [1.54, 1.807) is 54.7 Å². The van der Waals surface area contributed by atoms with Crippen LogP contribution in [-0.2, 0) is 0 Å². The second-order valence-electron chi connectivity index (χ2n) is 7.00. The van der Waals surface area contributed by atoms with Gasteiger partial charge >= 0.3 is 0 Å². The third-order valence-electron chi connectivity index (χ3n) is 4.89. The van der Waals surface area contributed by atoms with Crippen molar-refractivity contribution in [3.63, 3.8) is 0 Å². The normalized spacial score (nSPS) is 10.7. The van der Waals surface area contributed by atoms with Gasteiger partial charge in [0.25, 0.3) is 11.8 Å². The summed E-state index contributed by atoms with van der Waals surface area (Å²) >= 11 is 5.92. The molecule has 0 aliphatic carbocycles. The number of hydrazone groups is 1. The number of rotatable bonds is 8. The van der Waals surface area contributed by atoms with Crippen LogP contribution in [0.15, 0.2) is 77.9 Å². The summed E-state index contributed by atoms with van der Waals surface area (Å²) in [5, 5.41) is 7.30. The monoisotopic (exact) mass is 448 g/mol. The Labute approximate surface area is 192 Å². The number of hydrogen-bond donors (Lipinski definition) is 2. The Morgan fingerprint density at radius 2 is 1.59 bits per heavy atom. The first-order valence-corrected chi connectivity index (χ1v) is 10.7. The second kappa shape index (κ2) is 11.1. The van der Waals surface area contributed by atoms with E-state index in [0.717, 1.165) is 24.3 Å². The van der Waals surface area contributed by atoms with E-state index in [-0.39, 0.29) is 11.8 Å². The first-order chi connectivity index (χ1) is 15.5. The molecule has 0 aromatic heterocycles. The molecule has 6 nitrogen and oxygen atoms in total. The molecular weight excluding hydrogens is 424 g/mol. The Balaban J connectivity index is 1.55.